The van der Waals surface area contributed by atoms with E-state index in [4.69, 9.17) is 0 Å². The van der Waals surface area contributed by atoms with Gasteiger partial charge in [0.25, 0.3) is 5.91 Å². The zero-order valence-corrected chi connectivity index (χ0v) is 15.1. The number of aromatic nitrogens is 4. The van der Waals surface area contributed by atoms with Gasteiger partial charge in [-0.3, -0.25) is 9.48 Å². The molecule has 1 aliphatic heterocycles. The molecule has 4 rings (SSSR count). The highest BCUT2D eigenvalue weighted by atomic mass is 16.2. The molecular formula is C19H24N6O. The first-order valence-electron chi connectivity index (χ1n) is 9.11. The number of aryl methyl sites for hydroxylation is 1. The van der Waals surface area contributed by atoms with Crippen LogP contribution in [-0.4, -0.2) is 38.3 Å². The molecule has 1 aromatic carbocycles. The fourth-order valence-electron chi connectivity index (χ4n) is 3.61. The molecule has 3 heterocycles. The van der Waals surface area contributed by atoms with Crippen molar-refractivity contribution in [1.82, 2.24) is 30.0 Å². The summed E-state index contributed by atoms with van der Waals surface area (Å²) in [7, 11) is 1.97. The number of hydrogen-bond donors (Lipinski definition) is 2. The van der Waals surface area contributed by atoms with Gasteiger partial charge in [-0.25, -0.2) is 4.98 Å². The minimum Gasteiger partial charge on any atom is -0.341 e. The van der Waals surface area contributed by atoms with E-state index in [9.17, 15) is 4.79 Å². The number of nitrogens with one attached hydrogen (secondary N) is 2. The summed E-state index contributed by atoms with van der Waals surface area (Å²) in [6, 6.07) is 9.86. The van der Waals surface area contributed by atoms with Crippen LogP contribution in [0, 0.1) is 0 Å². The number of carbonyl (C=O) groups excluding carboxylic acids is 1. The SMILES string of the molecule is CC(NC(=O)c1ccn(C2CCCNC2)n1)c1nc2ccccc2n1C. The highest BCUT2D eigenvalue weighted by Crippen LogP contribution is 2.20. The first kappa shape index (κ1) is 16.8. The summed E-state index contributed by atoms with van der Waals surface area (Å²) >= 11 is 0. The van der Waals surface area contributed by atoms with Gasteiger partial charge in [0.05, 0.1) is 23.1 Å². The molecule has 136 valence electrons. The number of nitrogens with zero attached hydrogens (tertiary/aromatic N) is 4. The van der Waals surface area contributed by atoms with Crippen molar-refractivity contribution in [2.45, 2.75) is 31.8 Å². The number of piperidine rings is 1. The molecule has 1 amide bonds. The maximum absolute atomic E-state index is 12.6. The van der Waals surface area contributed by atoms with E-state index in [1.54, 1.807) is 6.07 Å². The molecule has 1 fully saturated rings. The lowest BCUT2D eigenvalue weighted by atomic mass is 10.1. The summed E-state index contributed by atoms with van der Waals surface area (Å²) < 4.78 is 3.92. The number of amides is 1. The van der Waals surface area contributed by atoms with Gasteiger partial charge in [0.15, 0.2) is 0 Å². The van der Waals surface area contributed by atoms with E-state index in [0.29, 0.717) is 11.7 Å². The van der Waals surface area contributed by atoms with Crippen molar-refractivity contribution in [2.24, 2.45) is 7.05 Å². The molecule has 2 atom stereocenters. The predicted octanol–water partition coefficient (Wildman–Crippen LogP) is 2.19. The highest BCUT2D eigenvalue weighted by molar-refractivity contribution is 5.92. The number of rotatable bonds is 4. The van der Waals surface area contributed by atoms with Crippen LogP contribution in [0.4, 0.5) is 0 Å². The van der Waals surface area contributed by atoms with Crippen molar-refractivity contribution in [3.05, 3.63) is 48.0 Å². The molecule has 0 spiro atoms. The third kappa shape index (κ3) is 3.10. The van der Waals surface area contributed by atoms with Gasteiger partial charge in [-0.2, -0.15) is 5.10 Å². The zero-order valence-electron chi connectivity index (χ0n) is 15.1. The number of hydrogen-bond acceptors (Lipinski definition) is 4. The Hall–Kier alpha value is -2.67. The van der Waals surface area contributed by atoms with Crippen LogP contribution in [0.2, 0.25) is 0 Å². The van der Waals surface area contributed by atoms with Gasteiger partial charge in [-0.15, -0.1) is 0 Å². The summed E-state index contributed by atoms with van der Waals surface area (Å²) in [5.74, 6) is 0.655. The Morgan fingerprint density at radius 3 is 2.96 bits per heavy atom. The monoisotopic (exact) mass is 352 g/mol. The molecule has 0 bridgehead atoms. The third-order valence-electron chi connectivity index (χ3n) is 5.04. The Bertz CT molecular complexity index is 921. The molecule has 2 N–H and O–H groups in total. The number of para-hydroxylation sites is 2. The van der Waals surface area contributed by atoms with E-state index in [1.807, 2.05) is 53.7 Å². The number of carbonyl (C=O) groups is 1. The third-order valence-corrected chi connectivity index (χ3v) is 5.04. The Kier molecular flexibility index (Phi) is 4.46. The van der Waals surface area contributed by atoms with Crippen molar-refractivity contribution < 1.29 is 4.79 Å². The molecule has 7 nitrogen and oxygen atoms in total. The van der Waals surface area contributed by atoms with E-state index in [-0.39, 0.29) is 11.9 Å². The van der Waals surface area contributed by atoms with Crippen LogP contribution in [0.5, 0.6) is 0 Å². The van der Waals surface area contributed by atoms with Gasteiger partial charge in [0.1, 0.15) is 11.5 Å². The van der Waals surface area contributed by atoms with E-state index in [2.05, 4.69) is 20.7 Å². The van der Waals surface area contributed by atoms with Gasteiger partial charge in [-0.1, -0.05) is 12.1 Å². The van der Waals surface area contributed by atoms with Crippen LogP contribution in [0.15, 0.2) is 36.5 Å². The van der Waals surface area contributed by atoms with Crippen LogP contribution < -0.4 is 10.6 Å². The summed E-state index contributed by atoms with van der Waals surface area (Å²) in [5, 5.41) is 10.9. The van der Waals surface area contributed by atoms with Crippen molar-refractivity contribution >= 4 is 16.9 Å². The van der Waals surface area contributed by atoms with Gasteiger partial charge >= 0.3 is 0 Å². The topological polar surface area (TPSA) is 76.8 Å². The van der Waals surface area contributed by atoms with Crippen LogP contribution >= 0.6 is 0 Å². The van der Waals surface area contributed by atoms with E-state index >= 15 is 0 Å². The standard InChI is InChI=1S/C19H24N6O/c1-13(18-22-15-7-3-4-8-17(15)24(18)2)21-19(26)16-9-11-25(23-16)14-6-5-10-20-12-14/h3-4,7-9,11,13-14,20H,5-6,10,12H2,1-2H3,(H,21,26). The van der Waals surface area contributed by atoms with Crippen molar-refractivity contribution in [3.63, 3.8) is 0 Å². The smallest absolute Gasteiger partial charge is 0.272 e. The minimum atomic E-state index is -0.207. The van der Waals surface area contributed by atoms with Crippen molar-refractivity contribution in [1.29, 1.82) is 0 Å². The summed E-state index contributed by atoms with van der Waals surface area (Å²) in [6.07, 6.45) is 4.12. The second-order valence-electron chi connectivity index (χ2n) is 6.89. The summed E-state index contributed by atoms with van der Waals surface area (Å²) in [4.78, 5) is 17.3. The van der Waals surface area contributed by atoms with Crippen LogP contribution in [-0.2, 0) is 7.05 Å². The largest absolute Gasteiger partial charge is 0.341 e. The van der Waals surface area contributed by atoms with Gasteiger partial charge in [-0.05, 0) is 44.5 Å². The van der Waals surface area contributed by atoms with E-state index in [0.717, 1.165) is 42.8 Å². The predicted molar refractivity (Wildman–Crippen MR) is 100.0 cm³/mol. The van der Waals surface area contributed by atoms with Crippen molar-refractivity contribution in [3.8, 4) is 0 Å². The average molecular weight is 352 g/mol. The number of fused-ring (bicyclic) bond motifs is 1. The molecule has 0 aliphatic carbocycles. The van der Waals surface area contributed by atoms with E-state index < -0.39 is 0 Å². The molecule has 0 saturated carbocycles. The first-order chi connectivity index (χ1) is 12.6. The van der Waals surface area contributed by atoms with Crippen LogP contribution in [0.1, 0.15) is 48.2 Å². The highest BCUT2D eigenvalue weighted by Gasteiger charge is 2.20. The number of benzene rings is 1. The Morgan fingerprint density at radius 2 is 2.19 bits per heavy atom. The molecule has 26 heavy (non-hydrogen) atoms. The lowest BCUT2D eigenvalue weighted by Crippen LogP contribution is -2.32. The summed E-state index contributed by atoms with van der Waals surface area (Å²) in [5.41, 5.74) is 2.43. The Balaban J connectivity index is 1.48. The minimum absolute atomic E-state index is 0.174. The fourth-order valence-corrected chi connectivity index (χ4v) is 3.61. The Morgan fingerprint density at radius 1 is 1.35 bits per heavy atom. The molecular weight excluding hydrogens is 328 g/mol. The molecule has 1 aliphatic rings. The molecule has 2 aromatic heterocycles. The zero-order chi connectivity index (χ0) is 18.1. The molecule has 1 saturated heterocycles. The van der Waals surface area contributed by atoms with Gasteiger partial charge in [0, 0.05) is 19.8 Å². The molecule has 3 aromatic rings. The quantitative estimate of drug-likeness (QED) is 0.755. The average Bonchev–Trinajstić information content (AvgIpc) is 3.28. The lowest BCUT2D eigenvalue weighted by molar-refractivity contribution is 0.0931. The van der Waals surface area contributed by atoms with Gasteiger partial charge in [0.2, 0.25) is 0 Å². The second kappa shape index (κ2) is 6.92. The maximum atomic E-state index is 12.6. The molecule has 0 radical (unpaired) electrons. The normalized spacial score (nSPS) is 18.8. The maximum Gasteiger partial charge on any atom is 0.272 e. The summed E-state index contributed by atoms with van der Waals surface area (Å²) in [6.45, 7) is 3.90. The Labute approximate surface area is 152 Å². The number of imidazole rings is 1. The molecule has 2 unspecified atom stereocenters. The second-order valence-corrected chi connectivity index (χ2v) is 6.89. The lowest BCUT2D eigenvalue weighted by Gasteiger charge is -2.22. The first-order valence-corrected chi connectivity index (χ1v) is 9.11. The van der Waals surface area contributed by atoms with Crippen LogP contribution in [0.25, 0.3) is 11.0 Å². The molecule has 7 heteroatoms. The van der Waals surface area contributed by atoms with E-state index in [1.165, 1.54) is 0 Å². The van der Waals surface area contributed by atoms with Crippen molar-refractivity contribution in [2.75, 3.05) is 13.1 Å². The van der Waals surface area contributed by atoms with Gasteiger partial charge < -0.3 is 15.2 Å². The fraction of sp³-hybridized carbons (Fsp3) is 0.421. The van der Waals surface area contributed by atoms with Crippen LogP contribution in [0.3, 0.4) is 0 Å².